The van der Waals surface area contributed by atoms with Gasteiger partial charge >= 0.3 is 0 Å². The van der Waals surface area contributed by atoms with Gasteiger partial charge in [-0.15, -0.1) is 10.2 Å². The Balaban J connectivity index is 2.48. The number of rotatable bonds is 2. The van der Waals surface area contributed by atoms with Gasteiger partial charge in [0, 0.05) is 11.6 Å². The lowest BCUT2D eigenvalue weighted by Gasteiger charge is -2.01. The molecule has 0 saturated carbocycles. The molecule has 1 heterocycles. The largest absolute Gasteiger partial charge is 0.497 e. The highest BCUT2D eigenvalue weighted by molar-refractivity contribution is 7.12. The molecule has 0 radical (unpaired) electrons. The third-order valence-electron chi connectivity index (χ3n) is 1.71. The van der Waals surface area contributed by atoms with Crippen LogP contribution in [0.2, 0.25) is 0 Å². The highest BCUT2D eigenvalue weighted by Crippen LogP contribution is 2.25. The van der Waals surface area contributed by atoms with Crippen LogP contribution in [0.3, 0.4) is 0 Å². The Kier molecular flexibility index (Phi) is 2.41. The maximum atomic E-state index is 13.1. The Labute approximate surface area is 84.2 Å². The standard InChI is InChI=1S/C9H7FN2OS/c1-13-8-3-6(2-7(10)4-8)9-12-11-5-14-9/h2-5H,1H3. The summed E-state index contributed by atoms with van der Waals surface area (Å²) in [5.41, 5.74) is 2.29. The minimum atomic E-state index is -0.338. The molecule has 1 aromatic heterocycles. The van der Waals surface area contributed by atoms with Crippen LogP contribution in [0.15, 0.2) is 23.7 Å². The Morgan fingerprint density at radius 2 is 2.21 bits per heavy atom. The smallest absolute Gasteiger partial charge is 0.147 e. The van der Waals surface area contributed by atoms with Gasteiger partial charge in [-0.25, -0.2) is 4.39 Å². The average molecular weight is 210 g/mol. The molecule has 0 amide bonds. The van der Waals surface area contributed by atoms with E-state index < -0.39 is 0 Å². The molecule has 0 aliphatic heterocycles. The summed E-state index contributed by atoms with van der Waals surface area (Å²) < 4.78 is 18.0. The van der Waals surface area contributed by atoms with Gasteiger partial charge in [0.2, 0.25) is 0 Å². The van der Waals surface area contributed by atoms with E-state index in [2.05, 4.69) is 10.2 Å². The van der Waals surface area contributed by atoms with Crippen molar-refractivity contribution in [2.75, 3.05) is 7.11 Å². The molecule has 2 rings (SSSR count). The third-order valence-corrected chi connectivity index (χ3v) is 2.45. The minimum absolute atomic E-state index is 0.338. The molecular weight excluding hydrogens is 203 g/mol. The van der Waals surface area contributed by atoms with Crippen molar-refractivity contribution >= 4 is 11.3 Å². The molecule has 0 bridgehead atoms. The van der Waals surface area contributed by atoms with E-state index in [1.165, 1.54) is 30.6 Å². The van der Waals surface area contributed by atoms with Crippen molar-refractivity contribution in [2.45, 2.75) is 0 Å². The molecule has 0 aliphatic rings. The van der Waals surface area contributed by atoms with Crippen LogP contribution in [0.25, 0.3) is 10.6 Å². The molecular formula is C9H7FN2OS. The molecule has 0 saturated heterocycles. The maximum Gasteiger partial charge on any atom is 0.147 e. The van der Waals surface area contributed by atoms with Crippen LogP contribution in [0.4, 0.5) is 4.39 Å². The van der Waals surface area contributed by atoms with Crippen LogP contribution >= 0.6 is 11.3 Å². The zero-order valence-electron chi connectivity index (χ0n) is 7.40. The van der Waals surface area contributed by atoms with E-state index in [1.807, 2.05) is 0 Å². The fraction of sp³-hybridized carbons (Fsp3) is 0.111. The quantitative estimate of drug-likeness (QED) is 0.763. The molecule has 14 heavy (non-hydrogen) atoms. The normalized spacial score (nSPS) is 10.1. The highest BCUT2D eigenvalue weighted by atomic mass is 32.1. The van der Waals surface area contributed by atoms with E-state index in [1.54, 1.807) is 11.6 Å². The molecule has 0 fully saturated rings. The molecule has 5 heteroatoms. The topological polar surface area (TPSA) is 35.0 Å². The third kappa shape index (κ3) is 1.72. The van der Waals surface area contributed by atoms with Crippen molar-refractivity contribution in [1.29, 1.82) is 0 Å². The number of benzene rings is 1. The SMILES string of the molecule is COc1cc(F)cc(-c2nncs2)c1. The molecule has 1 aromatic carbocycles. The molecule has 2 aromatic rings. The number of methoxy groups -OCH3 is 1. The van der Waals surface area contributed by atoms with Crippen molar-refractivity contribution in [3.05, 3.63) is 29.5 Å². The lowest BCUT2D eigenvalue weighted by atomic mass is 10.2. The van der Waals surface area contributed by atoms with Crippen LogP contribution in [-0.4, -0.2) is 17.3 Å². The Morgan fingerprint density at radius 1 is 1.36 bits per heavy atom. The predicted octanol–water partition coefficient (Wildman–Crippen LogP) is 2.35. The Hall–Kier alpha value is -1.49. The minimum Gasteiger partial charge on any atom is -0.497 e. The second kappa shape index (κ2) is 3.71. The van der Waals surface area contributed by atoms with Crippen molar-refractivity contribution in [3.63, 3.8) is 0 Å². The number of aromatic nitrogens is 2. The summed E-state index contributed by atoms with van der Waals surface area (Å²) in [4.78, 5) is 0. The Bertz CT molecular complexity index is 430. The van der Waals surface area contributed by atoms with E-state index in [0.29, 0.717) is 16.3 Å². The first-order valence-electron chi connectivity index (χ1n) is 3.91. The number of nitrogens with zero attached hydrogens (tertiary/aromatic N) is 2. The van der Waals surface area contributed by atoms with E-state index >= 15 is 0 Å². The maximum absolute atomic E-state index is 13.1. The second-order valence-electron chi connectivity index (χ2n) is 2.62. The van der Waals surface area contributed by atoms with Gasteiger partial charge < -0.3 is 4.74 Å². The van der Waals surface area contributed by atoms with Gasteiger partial charge in [0.25, 0.3) is 0 Å². The molecule has 0 unspecified atom stereocenters. The van der Waals surface area contributed by atoms with E-state index in [9.17, 15) is 4.39 Å². The first-order chi connectivity index (χ1) is 6.79. The second-order valence-corrected chi connectivity index (χ2v) is 3.46. The summed E-state index contributed by atoms with van der Waals surface area (Å²) in [5.74, 6) is 0.143. The zero-order valence-corrected chi connectivity index (χ0v) is 8.21. The Morgan fingerprint density at radius 3 is 2.86 bits per heavy atom. The monoisotopic (exact) mass is 210 g/mol. The van der Waals surface area contributed by atoms with Gasteiger partial charge in [0.1, 0.15) is 22.1 Å². The number of hydrogen-bond acceptors (Lipinski definition) is 4. The molecule has 3 nitrogen and oxygen atoms in total. The fourth-order valence-corrected chi connectivity index (χ4v) is 1.65. The number of hydrogen-bond donors (Lipinski definition) is 0. The summed E-state index contributed by atoms with van der Waals surface area (Å²) in [5, 5.41) is 8.22. The fourth-order valence-electron chi connectivity index (χ4n) is 1.10. The number of halogens is 1. The van der Waals surface area contributed by atoms with E-state index in [-0.39, 0.29) is 5.82 Å². The molecule has 0 atom stereocenters. The molecule has 0 aliphatic carbocycles. The molecule has 0 N–H and O–H groups in total. The van der Waals surface area contributed by atoms with Gasteiger partial charge in [0.15, 0.2) is 0 Å². The van der Waals surface area contributed by atoms with Crippen molar-refractivity contribution in [2.24, 2.45) is 0 Å². The molecule has 72 valence electrons. The summed E-state index contributed by atoms with van der Waals surface area (Å²) in [6.07, 6.45) is 0. The van der Waals surface area contributed by atoms with E-state index in [4.69, 9.17) is 4.74 Å². The van der Waals surface area contributed by atoms with Gasteiger partial charge in [-0.05, 0) is 12.1 Å². The van der Waals surface area contributed by atoms with Crippen LogP contribution < -0.4 is 4.74 Å². The molecule has 0 spiro atoms. The summed E-state index contributed by atoms with van der Waals surface area (Å²) in [6.45, 7) is 0. The lowest BCUT2D eigenvalue weighted by molar-refractivity contribution is 0.411. The predicted molar refractivity (Wildman–Crippen MR) is 51.9 cm³/mol. The summed E-state index contributed by atoms with van der Waals surface area (Å²) in [7, 11) is 1.50. The summed E-state index contributed by atoms with van der Waals surface area (Å²) in [6, 6.07) is 4.46. The van der Waals surface area contributed by atoms with Crippen LogP contribution in [-0.2, 0) is 0 Å². The van der Waals surface area contributed by atoms with Crippen LogP contribution in [0.5, 0.6) is 5.75 Å². The zero-order chi connectivity index (χ0) is 9.97. The highest BCUT2D eigenvalue weighted by Gasteiger charge is 2.05. The van der Waals surface area contributed by atoms with Crippen LogP contribution in [0.1, 0.15) is 0 Å². The number of ether oxygens (including phenoxy) is 1. The first-order valence-corrected chi connectivity index (χ1v) is 4.78. The van der Waals surface area contributed by atoms with Crippen LogP contribution in [0, 0.1) is 5.82 Å². The first kappa shape index (κ1) is 9.08. The summed E-state index contributed by atoms with van der Waals surface area (Å²) >= 11 is 1.36. The van der Waals surface area contributed by atoms with Crippen molar-refractivity contribution in [1.82, 2.24) is 10.2 Å². The van der Waals surface area contributed by atoms with Gasteiger partial charge in [-0.2, -0.15) is 0 Å². The van der Waals surface area contributed by atoms with E-state index in [0.717, 1.165) is 0 Å². The van der Waals surface area contributed by atoms with Crippen molar-refractivity contribution < 1.29 is 9.13 Å². The van der Waals surface area contributed by atoms with Crippen molar-refractivity contribution in [3.8, 4) is 16.3 Å². The van der Waals surface area contributed by atoms with Gasteiger partial charge in [0.05, 0.1) is 7.11 Å². The average Bonchev–Trinajstić information content (AvgIpc) is 2.69. The van der Waals surface area contributed by atoms with Gasteiger partial charge in [-0.3, -0.25) is 0 Å². The van der Waals surface area contributed by atoms with Gasteiger partial charge in [-0.1, -0.05) is 11.3 Å². The lowest BCUT2D eigenvalue weighted by Crippen LogP contribution is -1.86.